The van der Waals surface area contributed by atoms with Gasteiger partial charge < -0.3 is 100 Å². The standard InChI is InChI=1S/C54H79N15O19/c1-26(2)20-37(53(87)88)67-50(84)39-12-7-19-69(39)52(86)33(14-16-42(74)75)63-46(80)34(21-27-24-60-30-9-4-3-8-28(27)30)64-48(82)36(23-43(76)77)66-47(81)35(22-40(56)71)65-44(78)31(10-5-17-59-54(57)58)61-45(79)32(13-15-41(72)73)62-49(83)38-11-6-18-68(38)51(85)29(55)25-70/h3-4,8-9,24,26,29,31-39,60,70H,5-7,10-23,25,55H2,1-2H3,(H2,56,71)(H,61,79)(H,62,83)(H,63,80)(H,64,82)(H,65,78)(H,66,81)(H,67,84)(H,72,73)(H,74,75)(H,76,77)(H,87,88)(H4,57,58,59)/t29-,31-,32-,33-,34-,35-,36-,37-,38-,39-/m0/s1. The van der Waals surface area contributed by atoms with Crippen molar-refractivity contribution in [1.29, 1.82) is 5.41 Å². The summed E-state index contributed by atoms with van der Waals surface area (Å²) in [5.41, 5.74) is 17.5. The molecule has 2 fully saturated rings. The fourth-order valence-electron chi connectivity index (χ4n) is 10.1. The number of aliphatic hydroxyl groups excluding tert-OH is 1. The van der Waals surface area contributed by atoms with Crippen LogP contribution in [0.5, 0.6) is 0 Å². The minimum atomic E-state index is -2.15. The molecule has 2 aromatic rings. The zero-order valence-electron chi connectivity index (χ0n) is 48.5. The van der Waals surface area contributed by atoms with E-state index in [9.17, 15) is 92.7 Å². The molecule has 2 aliphatic rings. The highest BCUT2D eigenvalue weighted by atomic mass is 16.4. The molecule has 0 saturated carbocycles. The van der Waals surface area contributed by atoms with E-state index in [4.69, 9.17) is 22.6 Å². The number of guanidine groups is 1. The van der Waals surface area contributed by atoms with E-state index in [1.807, 2.05) is 0 Å². The lowest BCUT2D eigenvalue weighted by molar-refractivity contribution is -0.145. The molecule has 10 atom stereocenters. The fraction of sp³-hybridized carbons (Fsp3) is 0.574. The number of para-hydroxylation sites is 1. The average molecular weight is 1240 g/mol. The number of aliphatic carboxylic acids is 4. The van der Waals surface area contributed by atoms with Crippen LogP contribution in [0, 0.1) is 11.3 Å². The van der Waals surface area contributed by atoms with Crippen molar-refractivity contribution in [2.45, 2.75) is 164 Å². The Kier molecular flexibility index (Phi) is 27.5. The number of carboxylic acid groups (broad SMARTS) is 4. The van der Waals surface area contributed by atoms with Crippen molar-refractivity contribution >= 4 is 99.8 Å². The molecule has 1 aromatic carbocycles. The highest BCUT2D eigenvalue weighted by Crippen LogP contribution is 2.23. The SMILES string of the molecule is CC(C)C[C@H](NC(=O)[C@@H]1CCCN1C(=O)[C@H](CCC(=O)O)NC(=O)[C@H](Cc1c[nH]c2ccccc12)NC(=O)[C@H](CC(=O)O)NC(=O)[C@H](CC(N)=O)NC(=O)[C@H](CCCNC(=N)N)NC(=O)[C@H](CCC(=O)O)NC(=O)[C@@H]1CCCN1C(=O)[C@@H](N)CO)C(=O)O. The number of aliphatic hydroxyl groups is 1. The number of likely N-dealkylation sites (tertiary alicyclic amines) is 2. The van der Waals surface area contributed by atoms with E-state index in [1.54, 1.807) is 38.1 Å². The Morgan fingerprint density at radius 3 is 1.61 bits per heavy atom. The molecule has 1 aromatic heterocycles. The second kappa shape index (κ2) is 34.0. The van der Waals surface area contributed by atoms with Gasteiger partial charge >= 0.3 is 23.9 Å². The van der Waals surface area contributed by atoms with Crippen molar-refractivity contribution in [3.63, 3.8) is 0 Å². The molecule has 88 heavy (non-hydrogen) atoms. The van der Waals surface area contributed by atoms with Gasteiger partial charge in [-0.1, -0.05) is 32.0 Å². The van der Waals surface area contributed by atoms with Crippen molar-refractivity contribution in [2.24, 2.45) is 23.1 Å². The summed E-state index contributed by atoms with van der Waals surface area (Å²) in [7, 11) is 0. The van der Waals surface area contributed by atoms with Gasteiger partial charge in [0.2, 0.25) is 59.1 Å². The molecular formula is C54H79N15O19. The second-order valence-electron chi connectivity index (χ2n) is 21.7. The minimum Gasteiger partial charge on any atom is -0.481 e. The Labute approximate surface area is 503 Å². The molecule has 4 rings (SSSR count). The lowest BCUT2D eigenvalue weighted by Gasteiger charge is -2.30. The normalized spacial score (nSPS) is 17.3. The summed E-state index contributed by atoms with van der Waals surface area (Å²) in [6.07, 6.45) is -3.30. The number of amides is 10. The Balaban J connectivity index is 1.65. The van der Waals surface area contributed by atoms with E-state index in [-0.39, 0.29) is 64.1 Å². The van der Waals surface area contributed by atoms with Crippen molar-refractivity contribution < 1.29 is 92.7 Å². The summed E-state index contributed by atoms with van der Waals surface area (Å²) in [4.78, 5) is 192. The lowest BCUT2D eigenvalue weighted by Crippen LogP contribution is -2.61. The average Bonchev–Trinajstić information content (AvgIpc) is 3.40. The molecule has 0 bridgehead atoms. The van der Waals surface area contributed by atoms with Crippen LogP contribution < -0.4 is 59.7 Å². The van der Waals surface area contributed by atoms with Gasteiger partial charge in [0.15, 0.2) is 5.96 Å². The number of carboxylic acids is 4. The number of nitrogens with zero attached hydrogens (tertiary/aromatic N) is 2. The zero-order valence-corrected chi connectivity index (χ0v) is 48.5. The van der Waals surface area contributed by atoms with Gasteiger partial charge in [0.25, 0.3) is 0 Å². The molecule has 0 aliphatic carbocycles. The van der Waals surface area contributed by atoms with Crippen molar-refractivity contribution in [3.8, 4) is 0 Å². The van der Waals surface area contributed by atoms with Gasteiger partial charge in [0.05, 0.1) is 19.4 Å². The van der Waals surface area contributed by atoms with E-state index < -0.39 is 201 Å². The fourth-order valence-corrected chi connectivity index (χ4v) is 10.1. The summed E-state index contributed by atoms with van der Waals surface area (Å²) in [5.74, 6) is -17.4. The van der Waals surface area contributed by atoms with Gasteiger partial charge in [-0.15, -0.1) is 0 Å². The summed E-state index contributed by atoms with van der Waals surface area (Å²) in [6.45, 7) is 2.66. The van der Waals surface area contributed by atoms with E-state index >= 15 is 0 Å². The van der Waals surface area contributed by atoms with Crippen molar-refractivity contribution in [1.82, 2.24) is 57.3 Å². The smallest absolute Gasteiger partial charge is 0.326 e. The second-order valence-corrected chi connectivity index (χ2v) is 21.7. The Morgan fingerprint density at radius 2 is 1.09 bits per heavy atom. The highest BCUT2D eigenvalue weighted by molar-refractivity contribution is 6.01. The maximum absolute atomic E-state index is 14.6. The first kappa shape index (κ1) is 71.0. The topological polar surface area (TPSA) is 561 Å². The van der Waals surface area contributed by atoms with Crippen LogP contribution in [0.15, 0.2) is 30.5 Å². The zero-order chi connectivity index (χ0) is 65.5. The summed E-state index contributed by atoms with van der Waals surface area (Å²) in [6, 6.07) is -9.50. The number of benzene rings is 1. The number of carbonyl (C=O) groups is 14. The van der Waals surface area contributed by atoms with Crippen LogP contribution in [0.2, 0.25) is 0 Å². The number of carbonyl (C=O) groups excluding carboxylic acids is 10. The molecule has 10 amide bonds. The molecule has 34 heteroatoms. The first-order valence-corrected chi connectivity index (χ1v) is 28.4. The van der Waals surface area contributed by atoms with E-state index in [0.29, 0.717) is 22.9 Å². The first-order chi connectivity index (χ1) is 41.5. The molecule has 2 aliphatic heterocycles. The van der Waals surface area contributed by atoms with E-state index in [0.717, 1.165) is 9.80 Å². The minimum absolute atomic E-state index is 0.0535. The van der Waals surface area contributed by atoms with Crippen LogP contribution in [-0.2, 0) is 73.5 Å². The number of aromatic amines is 1. The number of aromatic nitrogens is 1. The lowest BCUT2D eigenvalue weighted by atomic mass is 10.0. The predicted octanol–water partition coefficient (Wildman–Crippen LogP) is -5.12. The third-order valence-corrected chi connectivity index (χ3v) is 14.5. The van der Waals surface area contributed by atoms with Crippen LogP contribution in [-0.4, -0.2) is 216 Å². The summed E-state index contributed by atoms with van der Waals surface area (Å²) in [5, 5.41) is 75.5. The number of nitrogens with two attached hydrogens (primary N) is 3. The number of nitrogens with one attached hydrogen (secondary N) is 10. The third-order valence-electron chi connectivity index (χ3n) is 14.5. The van der Waals surface area contributed by atoms with Crippen LogP contribution in [0.3, 0.4) is 0 Å². The molecule has 2 saturated heterocycles. The Bertz CT molecular complexity index is 2920. The number of hydrogen-bond acceptors (Lipinski definition) is 17. The van der Waals surface area contributed by atoms with Gasteiger partial charge in [0.1, 0.15) is 60.4 Å². The van der Waals surface area contributed by atoms with Crippen LogP contribution in [0.4, 0.5) is 0 Å². The maximum Gasteiger partial charge on any atom is 0.326 e. The van der Waals surface area contributed by atoms with E-state index in [1.165, 1.54) is 6.20 Å². The third kappa shape index (κ3) is 21.8. The predicted molar refractivity (Wildman–Crippen MR) is 306 cm³/mol. The van der Waals surface area contributed by atoms with E-state index in [2.05, 4.69) is 47.5 Å². The van der Waals surface area contributed by atoms with Gasteiger partial charge in [-0.05, 0) is 75.3 Å². The number of H-pyrrole nitrogens is 1. The number of rotatable bonds is 36. The first-order valence-electron chi connectivity index (χ1n) is 28.4. The Morgan fingerprint density at radius 1 is 0.614 bits per heavy atom. The largest absolute Gasteiger partial charge is 0.481 e. The molecular weight excluding hydrogens is 1160 g/mol. The van der Waals surface area contributed by atoms with Gasteiger partial charge in [0, 0.05) is 56.0 Å². The van der Waals surface area contributed by atoms with Crippen molar-refractivity contribution in [2.75, 3.05) is 26.2 Å². The van der Waals surface area contributed by atoms with Gasteiger partial charge in [-0.2, -0.15) is 0 Å². The van der Waals surface area contributed by atoms with Gasteiger partial charge in [-0.25, -0.2) is 4.79 Å². The Hall–Kier alpha value is -9.47. The number of fused-ring (bicyclic) bond motifs is 1. The molecule has 0 unspecified atom stereocenters. The molecule has 3 heterocycles. The molecule has 34 nitrogen and oxygen atoms in total. The quantitative estimate of drug-likeness (QED) is 0.0172. The summed E-state index contributed by atoms with van der Waals surface area (Å²) < 4.78 is 0. The van der Waals surface area contributed by atoms with Crippen LogP contribution in [0.25, 0.3) is 10.9 Å². The van der Waals surface area contributed by atoms with Crippen LogP contribution in [0.1, 0.15) is 103 Å². The van der Waals surface area contributed by atoms with Crippen molar-refractivity contribution in [3.05, 3.63) is 36.0 Å². The van der Waals surface area contributed by atoms with Crippen LogP contribution >= 0.6 is 0 Å². The number of hydrogen-bond donors (Lipinski definition) is 18. The molecule has 21 N–H and O–H groups in total. The summed E-state index contributed by atoms with van der Waals surface area (Å²) >= 11 is 0. The van der Waals surface area contributed by atoms with Gasteiger partial charge in [-0.3, -0.25) is 67.7 Å². The molecule has 0 spiro atoms. The molecule has 484 valence electrons. The molecule has 0 radical (unpaired) electrons. The monoisotopic (exact) mass is 1240 g/mol. The number of primary amides is 1. The maximum atomic E-state index is 14.6. The highest BCUT2D eigenvalue weighted by Gasteiger charge is 2.42.